The van der Waals surface area contributed by atoms with E-state index in [1.165, 1.54) is 0 Å². The van der Waals surface area contributed by atoms with Crippen molar-refractivity contribution in [3.05, 3.63) is 52.6 Å². The highest BCUT2D eigenvalue weighted by Crippen LogP contribution is 2.42. The van der Waals surface area contributed by atoms with E-state index >= 15 is 0 Å². The minimum Gasteiger partial charge on any atom is -0.463 e. The van der Waals surface area contributed by atoms with Gasteiger partial charge in [0.05, 0.1) is 12.2 Å². The van der Waals surface area contributed by atoms with E-state index in [1.54, 1.807) is 19.3 Å². The largest absolute Gasteiger partial charge is 0.463 e. The maximum Gasteiger partial charge on any atom is 0.336 e. The monoisotopic (exact) mass is 312 g/mol. The number of carbonyl (C=O) groups is 2. The maximum absolute atomic E-state index is 12.6. The van der Waals surface area contributed by atoms with Crippen molar-refractivity contribution < 1.29 is 14.3 Å². The van der Waals surface area contributed by atoms with Crippen molar-refractivity contribution in [1.82, 2.24) is 10.3 Å². The molecular weight excluding hydrogens is 292 g/mol. The Morgan fingerprint density at radius 3 is 2.78 bits per heavy atom. The highest BCUT2D eigenvalue weighted by atomic mass is 16.5. The van der Waals surface area contributed by atoms with Crippen molar-refractivity contribution in [3.8, 4) is 0 Å². The van der Waals surface area contributed by atoms with Crippen molar-refractivity contribution in [2.75, 3.05) is 6.61 Å². The summed E-state index contributed by atoms with van der Waals surface area (Å²) in [6, 6.07) is 3.71. The Hall–Kier alpha value is -2.43. The molecule has 0 bridgehead atoms. The molecule has 2 heterocycles. The van der Waals surface area contributed by atoms with Crippen molar-refractivity contribution in [2.45, 2.75) is 39.0 Å². The Morgan fingerprint density at radius 1 is 1.35 bits per heavy atom. The molecule has 1 aliphatic carbocycles. The van der Waals surface area contributed by atoms with Gasteiger partial charge in [0.25, 0.3) is 0 Å². The molecule has 0 radical (unpaired) electrons. The second-order valence-electron chi connectivity index (χ2n) is 5.77. The Morgan fingerprint density at radius 2 is 2.09 bits per heavy atom. The average Bonchev–Trinajstić information content (AvgIpc) is 2.54. The lowest BCUT2D eigenvalue weighted by Crippen LogP contribution is -2.34. The molecular formula is C18H20N2O3. The molecule has 0 saturated heterocycles. The number of esters is 1. The molecule has 1 aromatic rings. The fourth-order valence-electron chi connectivity index (χ4n) is 3.35. The summed E-state index contributed by atoms with van der Waals surface area (Å²) in [6.45, 7) is 3.95. The van der Waals surface area contributed by atoms with Gasteiger partial charge in [-0.2, -0.15) is 0 Å². The average molecular weight is 312 g/mol. The molecule has 1 atom stereocenters. The van der Waals surface area contributed by atoms with Gasteiger partial charge < -0.3 is 10.1 Å². The summed E-state index contributed by atoms with van der Waals surface area (Å²) in [6.07, 6.45) is 5.56. The molecule has 0 spiro atoms. The van der Waals surface area contributed by atoms with Gasteiger partial charge in [0.2, 0.25) is 0 Å². The van der Waals surface area contributed by atoms with Gasteiger partial charge in [-0.05, 0) is 44.4 Å². The Bertz CT molecular complexity index is 704. The van der Waals surface area contributed by atoms with E-state index < -0.39 is 0 Å². The topological polar surface area (TPSA) is 68.3 Å². The number of Topliss-reactive ketones (excluding diaryl/α,β-unsaturated/α-hetero) is 1. The van der Waals surface area contributed by atoms with Crippen LogP contribution in [0.15, 0.2) is 47.1 Å². The summed E-state index contributed by atoms with van der Waals surface area (Å²) in [5, 5.41) is 3.26. The van der Waals surface area contributed by atoms with E-state index in [0.29, 0.717) is 24.2 Å². The number of aromatic nitrogens is 1. The van der Waals surface area contributed by atoms with Crippen LogP contribution in [0.25, 0.3) is 0 Å². The van der Waals surface area contributed by atoms with Gasteiger partial charge in [0, 0.05) is 41.7 Å². The second-order valence-corrected chi connectivity index (χ2v) is 5.77. The molecule has 0 fully saturated rings. The molecule has 0 aromatic carbocycles. The molecule has 1 N–H and O–H groups in total. The van der Waals surface area contributed by atoms with Gasteiger partial charge in [0.1, 0.15) is 0 Å². The number of hydrogen-bond acceptors (Lipinski definition) is 5. The molecule has 2 aliphatic rings. The molecule has 1 aliphatic heterocycles. The fraction of sp³-hybridized carbons (Fsp3) is 0.389. The lowest BCUT2D eigenvalue weighted by atomic mass is 9.75. The molecule has 3 rings (SSSR count). The standard InChI is InChI=1S/C18H20N2O3/c1-3-23-18(22)15-11(2)20-13-5-4-6-14(21)17(13)16(15)12-7-9-19-10-8-12/h7-10,16,20H,3-6H2,1-2H3. The predicted octanol–water partition coefficient (Wildman–Crippen LogP) is 2.61. The van der Waals surface area contributed by atoms with Crippen LogP contribution in [0.4, 0.5) is 0 Å². The van der Waals surface area contributed by atoms with Crippen LogP contribution in [0.5, 0.6) is 0 Å². The number of nitrogens with zero attached hydrogens (tertiary/aromatic N) is 1. The third kappa shape index (κ3) is 2.79. The zero-order chi connectivity index (χ0) is 16.4. The SMILES string of the molecule is CCOC(=O)C1=C(C)NC2=C(C(=O)CCC2)C1c1ccncc1. The van der Waals surface area contributed by atoms with Crippen LogP contribution in [0, 0.1) is 0 Å². The van der Waals surface area contributed by atoms with Crippen LogP contribution >= 0.6 is 0 Å². The van der Waals surface area contributed by atoms with E-state index in [1.807, 2.05) is 19.1 Å². The van der Waals surface area contributed by atoms with E-state index in [-0.39, 0.29) is 17.7 Å². The summed E-state index contributed by atoms with van der Waals surface area (Å²) < 4.78 is 5.23. The minimum atomic E-state index is -0.374. The van der Waals surface area contributed by atoms with E-state index in [9.17, 15) is 9.59 Å². The maximum atomic E-state index is 12.6. The summed E-state index contributed by atoms with van der Waals surface area (Å²) in [5.74, 6) is -0.639. The van der Waals surface area contributed by atoms with E-state index in [4.69, 9.17) is 4.74 Å². The number of hydrogen-bond donors (Lipinski definition) is 1. The quantitative estimate of drug-likeness (QED) is 0.869. The van der Waals surface area contributed by atoms with Crippen LogP contribution in [0.1, 0.15) is 44.6 Å². The van der Waals surface area contributed by atoms with Gasteiger partial charge in [-0.15, -0.1) is 0 Å². The first-order chi connectivity index (χ1) is 11.1. The Kier molecular flexibility index (Phi) is 4.28. The predicted molar refractivity (Wildman–Crippen MR) is 85.3 cm³/mol. The molecule has 0 amide bonds. The number of allylic oxidation sites excluding steroid dienone is 3. The van der Waals surface area contributed by atoms with Crippen molar-refractivity contribution in [1.29, 1.82) is 0 Å². The number of nitrogens with one attached hydrogen (secondary N) is 1. The first-order valence-electron chi connectivity index (χ1n) is 7.94. The fourth-order valence-corrected chi connectivity index (χ4v) is 3.35. The zero-order valence-corrected chi connectivity index (χ0v) is 13.4. The van der Waals surface area contributed by atoms with Crippen molar-refractivity contribution >= 4 is 11.8 Å². The molecule has 5 heteroatoms. The molecule has 23 heavy (non-hydrogen) atoms. The van der Waals surface area contributed by atoms with E-state index in [0.717, 1.165) is 29.8 Å². The van der Waals surface area contributed by atoms with Gasteiger partial charge in [-0.3, -0.25) is 9.78 Å². The summed E-state index contributed by atoms with van der Waals surface area (Å²) in [5.41, 5.74) is 3.82. The highest BCUT2D eigenvalue weighted by molar-refractivity contribution is 6.03. The number of dihydropyridines is 1. The van der Waals surface area contributed by atoms with Crippen LogP contribution in [-0.2, 0) is 14.3 Å². The second kappa shape index (κ2) is 6.36. The molecule has 5 nitrogen and oxygen atoms in total. The summed E-state index contributed by atoms with van der Waals surface area (Å²) in [4.78, 5) is 29.1. The molecule has 1 unspecified atom stereocenters. The first-order valence-corrected chi connectivity index (χ1v) is 7.94. The zero-order valence-electron chi connectivity index (χ0n) is 13.4. The molecule has 120 valence electrons. The smallest absolute Gasteiger partial charge is 0.336 e. The molecule has 1 aromatic heterocycles. The van der Waals surface area contributed by atoms with Gasteiger partial charge >= 0.3 is 5.97 Å². The lowest BCUT2D eigenvalue weighted by Gasteiger charge is -2.34. The van der Waals surface area contributed by atoms with E-state index in [2.05, 4.69) is 10.3 Å². The van der Waals surface area contributed by atoms with Crippen LogP contribution in [0.3, 0.4) is 0 Å². The third-order valence-electron chi connectivity index (χ3n) is 4.31. The Labute approximate surface area is 135 Å². The number of carbonyl (C=O) groups excluding carboxylic acids is 2. The summed E-state index contributed by atoms with van der Waals surface area (Å²) in [7, 11) is 0. The first kappa shape index (κ1) is 15.5. The van der Waals surface area contributed by atoms with Gasteiger partial charge in [-0.1, -0.05) is 0 Å². The van der Waals surface area contributed by atoms with Gasteiger partial charge in [0.15, 0.2) is 5.78 Å². The van der Waals surface area contributed by atoms with Gasteiger partial charge in [-0.25, -0.2) is 4.79 Å². The summed E-state index contributed by atoms with van der Waals surface area (Å²) >= 11 is 0. The number of rotatable bonds is 3. The van der Waals surface area contributed by atoms with Crippen molar-refractivity contribution in [3.63, 3.8) is 0 Å². The lowest BCUT2D eigenvalue weighted by molar-refractivity contribution is -0.138. The number of ether oxygens (including phenoxy) is 1. The third-order valence-corrected chi connectivity index (χ3v) is 4.31. The number of ketones is 1. The van der Waals surface area contributed by atoms with Crippen LogP contribution < -0.4 is 5.32 Å². The van der Waals surface area contributed by atoms with Crippen LogP contribution in [0.2, 0.25) is 0 Å². The van der Waals surface area contributed by atoms with Crippen LogP contribution in [-0.4, -0.2) is 23.3 Å². The molecule has 0 saturated carbocycles. The normalized spacial score (nSPS) is 21.0. The van der Waals surface area contributed by atoms with Crippen molar-refractivity contribution in [2.24, 2.45) is 0 Å². The minimum absolute atomic E-state index is 0.106. The number of pyridine rings is 1. The Balaban J connectivity index is 2.15. The highest BCUT2D eigenvalue weighted by Gasteiger charge is 2.38.